The van der Waals surface area contributed by atoms with E-state index in [-0.39, 0.29) is 12.1 Å². The van der Waals surface area contributed by atoms with E-state index in [1.807, 2.05) is 25.8 Å². The summed E-state index contributed by atoms with van der Waals surface area (Å²) < 4.78 is 9.40. The summed E-state index contributed by atoms with van der Waals surface area (Å²) >= 11 is 0. The summed E-state index contributed by atoms with van der Waals surface area (Å²) in [5.74, 6) is -2.52. The van der Waals surface area contributed by atoms with Crippen molar-refractivity contribution < 1.29 is 24.2 Å². The topological polar surface area (TPSA) is 76.1 Å². The Bertz CT molecular complexity index is 302. The molecule has 0 radical (unpaired) electrons. The number of likely N-dealkylation sites (tertiary alicyclic amines) is 1. The van der Waals surface area contributed by atoms with E-state index in [4.69, 9.17) is 9.47 Å². The highest BCUT2D eigenvalue weighted by molar-refractivity contribution is 5.79. The molecule has 6 heteroatoms. The summed E-state index contributed by atoms with van der Waals surface area (Å²) in [5.41, 5.74) is 0. The van der Waals surface area contributed by atoms with E-state index < -0.39 is 29.9 Å². The third-order valence-electron chi connectivity index (χ3n) is 4.01. The van der Waals surface area contributed by atoms with Gasteiger partial charge in [-0.05, 0) is 20.9 Å². The molecule has 1 aliphatic heterocycles. The Labute approximate surface area is 107 Å². The number of carbonyl (C=O) groups excluding carboxylic acids is 2. The summed E-state index contributed by atoms with van der Waals surface area (Å²) in [4.78, 5) is 25.4. The predicted molar refractivity (Wildman–Crippen MR) is 63.7 cm³/mol. The maximum atomic E-state index is 11.7. The molecule has 0 aromatic heterocycles. The lowest BCUT2D eigenvalue weighted by atomic mass is 9.77. The molecular weight excluding hydrogens is 238 g/mol. The maximum Gasteiger partial charge on any atom is 0.312 e. The third-order valence-corrected chi connectivity index (χ3v) is 4.01. The zero-order valence-corrected chi connectivity index (χ0v) is 11.4. The Kier molecular flexibility index (Phi) is 4.70. The summed E-state index contributed by atoms with van der Waals surface area (Å²) in [6.45, 7) is 3.66. The fourth-order valence-electron chi connectivity index (χ4n) is 2.62. The van der Waals surface area contributed by atoms with Gasteiger partial charge in [0.2, 0.25) is 0 Å². The number of aliphatic hydroxyl groups excluding tert-OH is 1. The molecule has 1 unspecified atom stereocenters. The lowest BCUT2D eigenvalue weighted by Gasteiger charge is -2.46. The van der Waals surface area contributed by atoms with Crippen molar-refractivity contribution in [2.45, 2.75) is 32.0 Å². The molecule has 1 N–H and O–H groups in total. The van der Waals surface area contributed by atoms with Gasteiger partial charge in [-0.1, -0.05) is 0 Å². The van der Waals surface area contributed by atoms with Crippen molar-refractivity contribution in [3.63, 3.8) is 0 Å². The monoisotopic (exact) mass is 259 g/mol. The molecular formula is C12H21NO5. The van der Waals surface area contributed by atoms with Gasteiger partial charge in [0.25, 0.3) is 0 Å². The van der Waals surface area contributed by atoms with Gasteiger partial charge in [-0.25, -0.2) is 0 Å². The number of rotatable bonds is 2. The van der Waals surface area contributed by atoms with E-state index in [0.717, 1.165) is 0 Å². The highest BCUT2D eigenvalue weighted by atomic mass is 16.5. The first-order chi connectivity index (χ1) is 8.36. The van der Waals surface area contributed by atoms with Crippen LogP contribution in [0, 0.1) is 11.8 Å². The molecule has 5 atom stereocenters. The second-order valence-corrected chi connectivity index (χ2v) is 4.74. The maximum absolute atomic E-state index is 11.7. The van der Waals surface area contributed by atoms with Gasteiger partial charge in [-0.2, -0.15) is 0 Å². The third kappa shape index (κ3) is 2.35. The summed E-state index contributed by atoms with van der Waals surface area (Å²) in [6, 6.07) is -0.410. The van der Waals surface area contributed by atoms with E-state index >= 15 is 0 Å². The molecule has 1 heterocycles. The van der Waals surface area contributed by atoms with Gasteiger partial charge in [0, 0.05) is 12.1 Å². The molecule has 0 bridgehead atoms. The van der Waals surface area contributed by atoms with E-state index in [0.29, 0.717) is 0 Å². The number of ether oxygens (including phenoxy) is 2. The predicted octanol–water partition coefficient (Wildman–Crippen LogP) is -0.352. The fraction of sp³-hybridized carbons (Fsp3) is 0.833. The van der Waals surface area contributed by atoms with E-state index in [9.17, 15) is 14.7 Å². The average Bonchev–Trinajstić information content (AvgIpc) is 2.35. The van der Waals surface area contributed by atoms with Crippen LogP contribution in [0.3, 0.4) is 0 Å². The Balaban J connectivity index is 3.07. The van der Waals surface area contributed by atoms with Crippen LogP contribution in [0.25, 0.3) is 0 Å². The molecule has 1 saturated heterocycles. The van der Waals surface area contributed by atoms with Gasteiger partial charge in [0.1, 0.15) is 0 Å². The zero-order chi connectivity index (χ0) is 14.0. The van der Waals surface area contributed by atoms with Gasteiger partial charge in [0.15, 0.2) is 0 Å². The Morgan fingerprint density at radius 2 is 1.33 bits per heavy atom. The molecule has 0 spiro atoms. The Morgan fingerprint density at radius 3 is 1.61 bits per heavy atom. The SMILES string of the molecule is COC(=O)[C@@H]1C(O)[C@H](C(=O)OC)[C@H](C)N(C)[C@@H]1C. The summed E-state index contributed by atoms with van der Waals surface area (Å²) in [6.07, 6.45) is -1.09. The summed E-state index contributed by atoms with van der Waals surface area (Å²) in [7, 11) is 4.35. The molecule has 6 nitrogen and oxygen atoms in total. The molecule has 1 rings (SSSR count). The van der Waals surface area contributed by atoms with Crippen LogP contribution in [-0.2, 0) is 19.1 Å². The van der Waals surface area contributed by atoms with Crippen molar-refractivity contribution in [3.05, 3.63) is 0 Å². The first-order valence-corrected chi connectivity index (χ1v) is 5.92. The van der Waals surface area contributed by atoms with Gasteiger partial charge < -0.3 is 14.6 Å². The minimum Gasteiger partial charge on any atom is -0.469 e. The normalized spacial score (nSPS) is 37.1. The van der Waals surface area contributed by atoms with Crippen molar-refractivity contribution in [3.8, 4) is 0 Å². The zero-order valence-electron chi connectivity index (χ0n) is 11.4. The van der Waals surface area contributed by atoms with E-state index in [2.05, 4.69) is 0 Å². The fourth-order valence-corrected chi connectivity index (χ4v) is 2.62. The van der Waals surface area contributed by atoms with Crippen LogP contribution in [0.4, 0.5) is 0 Å². The average molecular weight is 259 g/mol. The molecule has 0 aliphatic carbocycles. The van der Waals surface area contributed by atoms with Crippen LogP contribution in [0.15, 0.2) is 0 Å². The van der Waals surface area contributed by atoms with E-state index in [1.54, 1.807) is 0 Å². The molecule has 0 aromatic rings. The Hall–Kier alpha value is -1.14. The number of nitrogens with zero attached hydrogens (tertiary/aromatic N) is 1. The van der Waals surface area contributed by atoms with Crippen molar-refractivity contribution >= 4 is 11.9 Å². The van der Waals surface area contributed by atoms with Crippen molar-refractivity contribution in [1.82, 2.24) is 4.90 Å². The minimum absolute atomic E-state index is 0.205. The second-order valence-electron chi connectivity index (χ2n) is 4.74. The lowest BCUT2D eigenvalue weighted by Crippen LogP contribution is -2.62. The number of hydrogen-bond donors (Lipinski definition) is 1. The van der Waals surface area contributed by atoms with Crippen molar-refractivity contribution in [2.24, 2.45) is 11.8 Å². The first kappa shape index (κ1) is 14.9. The standard InChI is InChI=1S/C12H21NO5/c1-6-8(11(15)17-4)10(14)9(12(16)18-5)7(2)13(6)3/h6-10,14H,1-5H3/t6-,7+,8+,9-,10?. The lowest BCUT2D eigenvalue weighted by molar-refractivity contribution is -0.173. The number of aliphatic hydroxyl groups is 1. The van der Waals surface area contributed by atoms with Crippen LogP contribution in [-0.4, -0.2) is 61.4 Å². The highest BCUT2D eigenvalue weighted by Crippen LogP contribution is 2.33. The van der Waals surface area contributed by atoms with Crippen molar-refractivity contribution in [1.29, 1.82) is 0 Å². The minimum atomic E-state index is -1.09. The van der Waals surface area contributed by atoms with E-state index in [1.165, 1.54) is 14.2 Å². The van der Waals surface area contributed by atoms with Gasteiger partial charge in [0.05, 0.1) is 32.2 Å². The van der Waals surface area contributed by atoms with Crippen LogP contribution in [0.2, 0.25) is 0 Å². The van der Waals surface area contributed by atoms with Crippen LogP contribution in [0.5, 0.6) is 0 Å². The number of esters is 2. The van der Waals surface area contributed by atoms with Crippen LogP contribution >= 0.6 is 0 Å². The number of piperidine rings is 1. The van der Waals surface area contributed by atoms with Crippen LogP contribution < -0.4 is 0 Å². The number of hydrogen-bond acceptors (Lipinski definition) is 6. The first-order valence-electron chi connectivity index (χ1n) is 5.92. The van der Waals surface area contributed by atoms with Gasteiger partial charge >= 0.3 is 11.9 Å². The second kappa shape index (κ2) is 5.67. The number of methoxy groups -OCH3 is 2. The molecule has 18 heavy (non-hydrogen) atoms. The Morgan fingerprint density at radius 1 is 1.00 bits per heavy atom. The quantitative estimate of drug-likeness (QED) is 0.683. The summed E-state index contributed by atoms with van der Waals surface area (Å²) in [5, 5.41) is 10.3. The largest absolute Gasteiger partial charge is 0.469 e. The van der Waals surface area contributed by atoms with Crippen LogP contribution in [0.1, 0.15) is 13.8 Å². The molecule has 1 fully saturated rings. The molecule has 0 aromatic carbocycles. The molecule has 1 aliphatic rings. The molecule has 104 valence electrons. The molecule has 0 amide bonds. The van der Waals surface area contributed by atoms with Crippen molar-refractivity contribution in [2.75, 3.05) is 21.3 Å². The highest BCUT2D eigenvalue weighted by Gasteiger charge is 2.50. The number of carbonyl (C=O) groups is 2. The van der Waals surface area contributed by atoms with Gasteiger partial charge in [-0.3, -0.25) is 14.5 Å². The smallest absolute Gasteiger partial charge is 0.312 e. The molecule has 0 saturated carbocycles. The van der Waals surface area contributed by atoms with Gasteiger partial charge in [-0.15, -0.1) is 0 Å².